The monoisotopic (exact) mass is 343 g/mol. The van der Waals surface area contributed by atoms with Crippen molar-refractivity contribution in [1.82, 2.24) is 4.90 Å². The number of nitrogens with two attached hydrogens (primary N) is 1. The average Bonchev–Trinajstić information content (AvgIpc) is 3.16. The predicted octanol–water partition coefficient (Wildman–Crippen LogP) is 2.15. The van der Waals surface area contributed by atoms with Crippen molar-refractivity contribution in [2.75, 3.05) is 18.4 Å². The molecule has 0 spiro atoms. The van der Waals surface area contributed by atoms with Gasteiger partial charge in [0.25, 0.3) is 0 Å². The summed E-state index contributed by atoms with van der Waals surface area (Å²) in [7, 11) is 0. The standard InChI is InChI=1S/C19H25N3O3/c20-17(23)13-6-5-7-14(12-13)21-18(24)15-8-1-2-9-16(15)19(25)22-10-3-4-11-22/h5-7,12,15-16H,1-4,8-11H2,(H2,20,23)(H,21,24). The van der Waals surface area contributed by atoms with Gasteiger partial charge in [-0.1, -0.05) is 18.9 Å². The third kappa shape index (κ3) is 4.00. The number of primary amides is 1. The minimum Gasteiger partial charge on any atom is -0.366 e. The van der Waals surface area contributed by atoms with E-state index in [0.29, 0.717) is 11.3 Å². The molecule has 1 aliphatic heterocycles. The van der Waals surface area contributed by atoms with E-state index in [9.17, 15) is 14.4 Å². The van der Waals surface area contributed by atoms with Crippen molar-refractivity contribution in [3.05, 3.63) is 29.8 Å². The van der Waals surface area contributed by atoms with E-state index < -0.39 is 5.91 Å². The second kappa shape index (κ2) is 7.68. The molecule has 3 N–H and O–H groups in total. The fourth-order valence-electron chi connectivity index (χ4n) is 3.90. The summed E-state index contributed by atoms with van der Waals surface area (Å²) < 4.78 is 0. The van der Waals surface area contributed by atoms with Crippen LogP contribution in [-0.2, 0) is 9.59 Å². The normalized spacial score (nSPS) is 23.3. The number of hydrogen-bond donors (Lipinski definition) is 2. The highest BCUT2D eigenvalue weighted by molar-refractivity contribution is 5.98. The van der Waals surface area contributed by atoms with Gasteiger partial charge >= 0.3 is 0 Å². The zero-order valence-electron chi connectivity index (χ0n) is 14.4. The maximum Gasteiger partial charge on any atom is 0.248 e. The first-order valence-corrected chi connectivity index (χ1v) is 9.06. The van der Waals surface area contributed by atoms with Gasteiger partial charge in [0.15, 0.2) is 0 Å². The minimum atomic E-state index is -0.532. The molecule has 1 saturated heterocycles. The zero-order chi connectivity index (χ0) is 17.8. The number of benzene rings is 1. The molecule has 3 amide bonds. The van der Waals surface area contributed by atoms with E-state index in [0.717, 1.165) is 51.6 Å². The topological polar surface area (TPSA) is 92.5 Å². The van der Waals surface area contributed by atoms with Crippen molar-refractivity contribution in [2.45, 2.75) is 38.5 Å². The molecule has 2 atom stereocenters. The van der Waals surface area contributed by atoms with E-state index >= 15 is 0 Å². The Morgan fingerprint density at radius 1 is 1.00 bits per heavy atom. The highest BCUT2D eigenvalue weighted by atomic mass is 16.2. The first kappa shape index (κ1) is 17.5. The van der Waals surface area contributed by atoms with Crippen LogP contribution >= 0.6 is 0 Å². The van der Waals surface area contributed by atoms with Gasteiger partial charge in [-0.2, -0.15) is 0 Å². The number of anilines is 1. The molecule has 0 aromatic heterocycles. The number of hydrogen-bond acceptors (Lipinski definition) is 3. The van der Waals surface area contributed by atoms with Gasteiger partial charge in [0.1, 0.15) is 0 Å². The Hall–Kier alpha value is -2.37. The Bertz CT molecular complexity index is 668. The Morgan fingerprint density at radius 2 is 1.68 bits per heavy atom. The van der Waals surface area contributed by atoms with Crippen molar-refractivity contribution in [3.63, 3.8) is 0 Å². The van der Waals surface area contributed by atoms with Crippen molar-refractivity contribution in [3.8, 4) is 0 Å². The van der Waals surface area contributed by atoms with Crippen LogP contribution in [0.4, 0.5) is 5.69 Å². The molecule has 6 nitrogen and oxygen atoms in total. The van der Waals surface area contributed by atoms with Gasteiger partial charge in [-0.15, -0.1) is 0 Å². The predicted molar refractivity (Wildman–Crippen MR) is 94.9 cm³/mol. The molecule has 1 heterocycles. The summed E-state index contributed by atoms with van der Waals surface area (Å²) in [6.07, 6.45) is 5.55. The third-order valence-corrected chi connectivity index (χ3v) is 5.25. The van der Waals surface area contributed by atoms with Crippen molar-refractivity contribution >= 4 is 23.4 Å². The van der Waals surface area contributed by atoms with Crippen LogP contribution in [0.2, 0.25) is 0 Å². The summed E-state index contributed by atoms with van der Waals surface area (Å²) in [5.41, 5.74) is 6.18. The zero-order valence-corrected chi connectivity index (χ0v) is 14.4. The smallest absolute Gasteiger partial charge is 0.248 e. The van der Waals surface area contributed by atoms with Crippen LogP contribution in [0.15, 0.2) is 24.3 Å². The fourth-order valence-corrected chi connectivity index (χ4v) is 3.90. The lowest BCUT2D eigenvalue weighted by Gasteiger charge is -2.32. The van der Waals surface area contributed by atoms with Crippen molar-refractivity contribution < 1.29 is 14.4 Å². The van der Waals surface area contributed by atoms with Crippen LogP contribution in [0.5, 0.6) is 0 Å². The maximum atomic E-state index is 12.8. The van der Waals surface area contributed by atoms with Crippen molar-refractivity contribution in [2.24, 2.45) is 17.6 Å². The summed E-state index contributed by atoms with van der Waals surface area (Å²) in [4.78, 5) is 38.8. The molecule has 1 aromatic rings. The van der Waals surface area contributed by atoms with E-state index in [2.05, 4.69) is 5.32 Å². The van der Waals surface area contributed by atoms with E-state index in [1.165, 1.54) is 0 Å². The average molecular weight is 343 g/mol. The SMILES string of the molecule is NC(=O)c1cccc(NC(=O)C2CCCCC2C(=O)N2CCCC2)c1. The van der Waals surface area contributed by atoms with Gasteiger partial charge in [0, 0.05) is 36.2 Å². The molecule has 1 aliphatic carbocycles. The van der Waals surface area contributed by atoms with Crippen LogP contribution in [0.25, 0.3) is 0 Å². The van der Waals surface area contributed by atoms with E-state index in [4.69, 9.17) is 5.73 Å². The number of nitrogens with zero attached hydrogens (tertiary/aromatic N) is 1. The molecule has 1 saturated carbocycles. The molecule has 134 valence electrons. The molecule has 0 radical (unpaired) electrons. The van der Waals surface area contributed by atoms with Crippen molar-refractivity contribution in [1.29, 1.82) is 0 Å². The Morgan fingerprint density at radius 3 is 2.36 bits per heavy atom. The second-order valence-corrected chi connectivity index (χ2v) is 6.96. The maximum absolute atomic E-state index is 12.8. The lowest BCUT2D eigenvalue weighted by Crippen LogP contribution is -2.42. The lowest BCUT2D eigenvalue weighted by atomic mass is 9.77. The summed E-state index contributed by atoms with van der Waals surface area (Å²) >= 11 is 0. The van der Waals surface area contributed by atoms with E-state index in [1.54, 1.807) is 24.3 Å². The highest BCUT2D eigenvalue weighted by Gasteiger charge is 2.38. The van der Waals surface area contributed by atoms with Gasteiger partial charge in [0.05, 0.1) is 0 Å². The van der Waals surface area contributed by atoms with Gasteiger partial charge in [-0.3, -0.25) is 14.4 Å². The molecule has 25 heavy (non-hydrogen) atoms. The van der Waals surface area contributed by atoms with Gasteiger partial charge < -0.3 is 16.0 Å². The van der Waals surface area contributed by atoms with Crippen LogP contribution in [-0.4, -0.2) is 35.7 Å². The lowest BCUT2D eigenvalue weighted by molar-refractivity contribution is -0.141. The Labute approximate surface area is 147 Å². The van der Waals surface area contributed by atoms with E-state index in [-0.39, 0.29) is 23.7 Å². The molecule has 1 aromatic carbocycles. The molecular weight excluding hydrogens is 318 g/mol. The van der Waals surface area contributed by atoms with Crippen LogP contribution in [0, 0.1) is 11.8 Å². The summed E-state index contributed by atoms with van der Waals surface area (Å²) in [5, 5.41) is 2.86. The molecule has 6 heteroatoms. The number of likely N-dealkylation sites (tertiary alicyclic amines) is 1. The molecule has 2 aliphatic rings. The van der Waals surface area contributed by atoms with Gasteiger partial charge in [-0.25, -0.2) is 0 Å². The number of nitrogens with one attached hydrogen (secondary N) is 1. The number of rotatable bonds is 4. The largest absolute Gasteiger partial charge is 0.366 e. The van der Waals surface area contributed by atoms with Crippen LogP contribution in [0.1, 0.15) is 48.9 Å². The van der Waals surface area contributed by atoms with Crippen LogP contribution in [0.3, 0.4) is 0 Å². The highest BCUT2D eigenvalue weighted by Crippen LogP contribution is 2.33. The van der Waals surface area contributed by atoms with E-state index in [1.807, 2.05) is 4.90 Å². The van der Waals surface area contributed by atoms with Gasteiger partial charge in [-0.05, 0) is 43.9 Å². The molecule has 0 bridgehead atoms. The molecule has 2 fully saturated rings. The molecule has 2 unspecified atom stereocenters. The summed E-state index contributed by atoms with van der Waals surface area (Å²) in [5.74, 6) is -1.08. The minimum absolute atomic E-state index is 0.128. The summed E-state index contributed by atoms with van der Waals surface area (Å²) in [6.45, 7) is 1.62. The Balaban J connectivity index is 1.71. The van der Waals surface area contributed by atoms with Gasteiger partial charge in [0.2, 0.25) is 17.7 Å². The first-order valence-electron chi connectivity index (χ1n) is 9.06. The number of carbonyl (C=O) groups is 3. The second-order valence-electron chi connectivity index (χ2n) is 6.96. The third-order valence-electron chi connectivity index (χ3n) is 5.25. The number of amides is 3. The Kier molecular flexibility index (Phi) is 5.36. The van der Waals surface area contributed by atoms with Crippen LogP contribution < -0.4 is 11.1 Å². The molecule has 3 rings (SSSR count). The number of carbonyl (C=O) groups excluding carboxylic acids is 3. The fraction of sp³-hybridized carbons (Fsp3) is 0.526. The first-order chi connectivity index (χ1) is 12.1. The molecular formula is C19H25N3O3. The summed E-state index contributed by atoms with van der Waals surface area (Å²) in [6, 6.07) is 6.59. The quantitative estimate of drug-likeness (QED) is 0.877.